The van der Waals surface area contributed by atoms with Crippen LogP contribution in [0.1, 0.15) is 34.1 Å². The summed E-state index contributed by atoms with van der Waals surface area (Å²) in [5.41, 5.74) is 0.441. The molecule has 0 N–H and O–H groups in total. The van der Waals surface area contributed by atoms with E-state index in [0.717, 1.165) is 23.1 Å². The molecule has 4 nitrogen and oxygen atoms in total. The van der Waals surface area contributed by atoms with Crippen molar-refractivity contribution in [3.8, 4) is 0 Å². The van der Waals surface area contributed by atoms with E-state index in [-0.39, 0.29) is 5.97 Å². The molecule has 2 aromatic rings. The van der Waals surface area contributed by atoms with E-state index >= 15 is 0 Å². The number of carbonyl (C=O) groups excluding carboxylic acids is 1. The van der Waals surface area contributed by atoms with Crippen LogP contribution in [0.15, 0.2) is 17.5 Å². The van der Waals surface area contributed by atoms with Crippen LogP contribution in [-0.4, -0.2) is 24.1 Å². The second-order valence-electron chi connectivity index (χ2n) is 4.22. The average Bonchev–Trinajstić information content (AvgIpc) is 3.05. The molecule has 0 atom stereocenters. The van der Waals surface area contributed by atoms with Gasteiger partial charge < -0.3 is 9.64 Å². The Morgan fingerprint density at radius 1 is 1.45 bits per heavy atom. The molecule has 0 saturated heterocycles. The summed E-state index contributed by atoms with van der Waals surface area (Å²) in [5, 5.41) is 2.95. The zero-order valence-electron chi connectivity index (χ0n) is 11.9. The Morgan fingerprint density at radius 2 is 2.25 bits per heavy atom. The molecule has 6 heteroatoms. The maximum absolute atomic E-state index is 11.8. The third kappa shape index (κ3) is 3.37. The molecule has 0 unspecified atom stereocenters. The van der Waals surface area contributed by atoms with E-state index in [0.29, 0.717) is 12.3 Å². The fourth-order valence-corrected chi connectivity index (χ4v) is 3.49. The van der Waals surface area contributed by atoms with E-state index < -0.39 is 0 Å². The van der Waals surface area contributed by atoms with Gasteiger partial charge in [0.15, 0.2) is 10.8 Å². The Kier molecular flexibility index (Phi) is 5.14. The molecule has 0 aliphatic rings. The Bertz CT molecular complexity index is 564. The van der Waals surface area contributed by atoms with Crippen LogP contribution in [0.5, 0.6) is 0 Å². The number of aryl methyl sites for hydroxylation is 1. The molecule has 2 aromatic heterocycles. The Labute approximate surface area is 127 Å². The van der Waals surface area contributed by atoms with Crippen molar-refractivity contribution in [1.82, 2.24) is 4.98 Å². The molecule has 0 bridgehead atoms. The molecule has 2 heterocycles. The highest BCUT2D eigenvalue weighted by Gasteiger charge is 2.19. The summed E-state index contributed by atoms with van der Waals surface area (Å²) in [5.74, 6) is -0.334. The van der Waals surface area contributed by atoms with Gasteiger partial charge in [0.05, 0.1) is 13.2 Å². The van der Waals surface area contributed by atoms with Crippen molar-refractivity contribution < 1.29 is 9.53 Å². The molecule has 0 aliphatic heterocycles. The van der Waals surface area contributed by atoms with Crippen molar-refractivity contribution in [2.45, 2.75) is 27.3 Å². The van der Waals surface area contributed by atoms with Crippen LogP contribution in [0.2, 0.25) is 0 Å². The van der Waals surface area contributed by atoms with Gasteiger partial charge in [-0.1, -0.05) is 6.07 Å². The number of rotatable bonds is 6. The number of anilines is 1. The van der Waals surface area contributed by atoms with Crippen molar-refractivity contribution in [3.63, 3.8) is 0 Å². The SMILES string of the molecule is CCOC(=O)c1nc(N(CC)Cc2cccs2)sc1C. The van der Waals surface area contributed by atoms with Gasteiger partial charge in [-0.3, -0.25) is 0 Å². The van der Waals surface area contributed by atoms with Gasteiger partial charge in [0.25, 0.3) is 0 Å². The minimum atomic E-state index is -0.334. The smallest absolute Gasteiger partial charge is 0.358 e. The summed E-state index contributed by atoms with van der Waals surface area (Å²) in [4.78, 5) is 20.6. The van der Waals surface area contributed by atoms with E-state index in [1.165, 1.54) is 4.88 Å². The second-order valence-corrected chi connectivity index (χ2v) is 6.43. The number of carbonyl (C=O) groups is 1. The molecule has 0 aliphatic carbocycles. The van der Waals surface area contributed by atoms with E-state index in [1.54, 1.807) is 29.6 Å². The number of aromatic nitrogens is 1. The Balaban J connectivity index is 2.18. The summed E-state index contributed by atoms with van der Waals surface area (Å²) < 4.78 is 5.03. The van der Waals surface area contributed by atoms with Crippen molar-refractivity contribution in [2.75, 3.05) is 18.1 Å². The lowest BCUT2D eigenvalue weighted by Gasteiger charge is -2.18. The lowest BCUT2D eigenvalue weighted by atomic mass is 10.4. The fraction of sp³-hybridized carbons (Fsp3) is 0.429. The maximum atomic E-state index is 11.8. The number of thiazole rings is 1. The van der Waals surface area contributed by atoms with E-state index in [4.69, 9.17) is 4.74 Å². The molecule has 0 spiro atoms. The first-order chi connectivity index (χ1) is 9.65. The fourth-order valence-electron chi connectivity index (χ4n) is 1.81. The quantitative estimate of drug-likeness (QED) is 0.763. The van der Waals surface area contributed by atoms with Crippen molar-refractivity contribution >= 4 is 33.8 Å². The van der Waals surface area contributed by atoms with Gasteiger partial charge in [0.1, 0.15) is 0 Å². The first kappa shape index (κ1) is 15.0. The Morgan fingerprint density at radius 3 is 2.85 bits per heavy atom. The molecule has 108 valence electrons. The predicted octanol–water partition coefficient (Wildman–Crippen LogP) is 3.72. The second kappa shape index (κ2) is 6.85. The lowest BCUT2D eigenvalue weighted by Crippen LogP contribution is -2.21. The highest BCUT2D eigenvalue weighted by Crippen LogP contribution is 2.28. The topological polar surface area (TPSA) is 42.4 Å². The first-order valence-corrected chi connectivity index (χ1v) is 8.27. The number of ether oxygens (including phenoxy) is 1. The van der Waals surface area contributed by atoms with Gasteiger partial charge in [-0.2, -0.15) is 0 Å². The van der Waals surface area contributed by atoms with Crippen molar-refractivity contribution in [1.29, 1.82) is 0 Å². The normalized spacial score (nSPS) is 10.6. The zero-order valence-corrected chi connectivity index (χ0v) is 13.5. The third-order valence-corrected chi connectivity index (χ3v) is 4.73. The lowest BCUT2D eigenvalue weighted by molar-refractivity contribution is 0.0519. The molecular formula is C14H18N2O2S2. The third-order valence-electron chi connectivity index (χ3n) is 2.83. The highest BCUT2D eigenvalue weighted by atomic mass is 32.1. The van der Waals surface area contributed by atoms with Crippen molar-refractivity contribution in [2.24, 2.45) is 0 Å². The summed E-state index contributed by atoms with van der Waals surface area (Å²) in [6.45, 7) is 7.85. The molecule has 2 rings (SSSR count). The van der Waals surface area contributed by atoms with Gasteiger partial charge in [-0.05, 0) is 32.2 Å². The van der Waals surface area contributed by atoms with Gasteiger partial charge in [0, 0.05) is 16.3 Å². The average molecular weight is 310 g/mol. The van der Waals surface area contributed by atoms with Crippen LogP contribution in [0.4, 0.5) is 5.13 Å². The number of hydrogen-bond acceptors (Lipinski definition) is 6. The van der Waals surface area contributed by atoms with Crippen LogP contribution >= 0.6 is 22.7 Å². The summed E-state index contributed by atoms with van der Waals surface area (Å²) in [7, 11) is 0. The minimum absolute atomic E-state index is 0.334. The number of thiophene rings is 1. The van der Waals surface area contributed by atoms with Crippen molar-refractivity contribution in [3.05, 3.63) is 33.0 Å². The van der Waals surface area contributed by atoms with E-state index in [9.17, 15) is 4.79 Å². The standard InChI is InChI=1S/C14H18N2O2S2/c1-4-16(9-11-7-6-8-19-11)14-15-12(10(3)20-14)13(17)18-5-2/h6-8H,4-5,9H2,1-3H3. The molecule has 0 radical (unpaired) electrons. The minimum Gasteiger partial charge on any atom is -0.461 e. The summed E-state index contributed by atoms with van der Waals surface area (Å²) >= 11 is 3.27. The predicted molar refractivity (Wildman–Crippen MR) is 83.9 cm³/mol. The van der Waals surface area contributed by atoms with Crippen LogP contribution in [0.3, 0.4) is 0 Å². The van der Waals surface area contributed by atoms with E-state index in [1.807, 2.05) is 13.0 Å². The highest BCUT2D eigenvalue weighted by molar-refractivity contribution is 7.15. The molecule has 0 fully saturated rings. The van der Waals surface area contributed by atoms with Gasteiger partial charge >= 0.3 is 5.97 Å². The largest absolute Gasteiger partial charge is 0.461 e. The van der Waals surface area contributed by atoms with Gasteiger partial charge in [-0.25, -0.2) is 9.78 Å². The van der Waals surface area contributed by atoms with Crippen LogP contribution in [0.25, 0.3) is 0 Å². The van der Waals surface area contributed by atoms with Crippen LogP contribution < -0.4 is 4.90 Å². The maximum Gasteiger partial charge on any atom is 0.358 e. The number of nitrogens with zero attached hydrogens (tertiary/aromatic N) is 2. The zero-order chi connectivity index (χ0) is 14.5. The van der Waals surface area contributed by atoms with Crippen LogP contribution in [-0.2, 0) is 11.3 Å². The van der Waals surface area contributed by atoms with Gasteiger partial charge in [-0.15, -0.1) is 22.7 Å². The molecule has 0 aromatic carbocycles. The summed E-state index contributed by atoms with van der Waals surface area (Å²) in [6.07, 6.45) is 0. The first-order valence-electron chi connectivity index (χ1n) is 6.57. The molecule has 0 saturated carbocycles. The molecule has 20 heavy (non-hydrogen) atoms. The number of hydrogen-bond donors (Lipinski definition) is 0. The number of esters is 1. The Hall–Kier alpha value is -1.40. The summed E-state index contributed by atoms with van der Waals surface area (Å²) in [6, 6.07) is 4.16. The molecule has 0 amide bonds. The molecular weight excluding hydrogens is 292 g/mol. The van der Waals surface area contributed by atoms with Gasteiger partial charge in [0.2, 0.25) is 0 Å². The van der Waals surface area contributed by atoms with E-state index in [2.05, 4.69) is 28.3 Å². The monoisotopic (exact) mass is 310 g/mol. The van der Waals surface area contributed by atoms with Crippen LogP contribution in [0, 0.1) is 6.92 Å².